The second-order valence-electron chi connectivity index (χ2n) is 23.9. The first-order valence-electron chi connectivity index (χ1n) is 34.7. The summed E-state index contributed by atoms with van der Waals surface area (Å²) in [5.41, 5.74) is 0. The van der Waals surface area contributed by atoms with E-state index in [4.69, 9.17) is 4.74 Å². The molecule has 0 aliphatic carbocycles. The molecule has 2 unspecified atom stereocenters. The van der Waals surface area contributed by atoms with Crippen molar-refractivity contribution < 1.29 is 24.5 Å². The Labute approximate surface area is 481 Å². The van der Waals surface area contributed by atoms with E-state index in [1.165, 1.54) is 295 Å². The van der Waals surface area contributed by atoms with Gasteiger partial charge in [-0.1, -0.05) is 320 Å². The van der Waals surface area contributed by atoms with E-state index < -0.39 is 12.1 Å². The SMILES string of the molecule is CCCCC/C=C\C/C=C\CCCCCCCCCCCC(=O)OCCCCCCCCCCCCCC/C=C\CCCCCCCCCCCCCCCC(=O)NC(CO)C(O)CCCCCCCCCCCCCC. The number of aliphatic hydroxyl groups is 2. The van der Waals surface area contributed by atoms with Gasteiger partial charge in [-0.05, 0) is 83.5 Å². The van der Waals surface area contributed by atoms with Gasteiger partial charge in [-0.15, -0.1) is 0 Å². The van der Waals surface area contributed by atoms with E-state index in [0.717, 1.165) is 51.4 Å². The molecule has 0 rings (SSSR count). The lowest BCUT2D eigenvalue weighted by Crippen LogP contribution is -2.45. The molecule has 77 heavy (non-hydrogen) atoms. The number of esters is 1. The van der Waals surface area contributed by atoms with Gasteiger partial charge in [0.15, 0.2) is 0 Å². The first-order chi connectivity index (χ1) is 38.0. The fourth-order valence-corrected chi connectivity index (χ4v) is 10.8. The zero-order chi connectivity index (χ0) is 55.7. The smallest absolute Gasteiger partial charge is 0.305 e. The number of unbranched alkanes of at least 4 members (excludes halogenated alkanes) is 48. The Bertz CT molecular complexity index is 1250. The standard InChI is InChI=1S/C71H135NO5/c1-3-5-7-9-11-13-15-17-18-19-31-35-38-41-45-49-53-57-61-65-71(76)77-66-62-58-54-50-46-42-39-36-33-30-28-26-24-22-20-21-23-25-27-29-32-34-37-40-44-48-52-56-60-64-70(75)72-68(67-73)69(74)63-59-55-51-47-43-16-14-12-10-8-6-4-2/h11,13,17-18,20,22,68-69,73-74H,3-10,12,14-16,19,21,23-67H2,1-2H3,(H,72,75)/b13-11-,18-17-,22-20-. The maximum absolute atomic E-state index is 12.5. The van der Waals surface area contributed by atoms with Crippen LogP contribution in [-0.2, 0) is 14.3 Å². The lowest BCUT2D eigenvalue weighted by molar-refractivity contribution is -0.143. The van der Waals surface area contributed by atoms with Gasteiger partial charge in [0, 0.05) is 12.8 Å². The summed E-state index contributed by atoms with van der Waals surface area (Å²) in [4.78, 5) is 24.6. The van der Waals surface area contributed by atoms with Crippen molar-refractivity contribution in [3.05, 3.63) is 36.5 Å². The average molecular weight is 1080 g/mol. The van der Waals surface area contributed by atoms with Crippen molar-refractivity contribution in [3.63, 3.8) is 0 Å². The van der Waals surface area contributed by atoms with Crippen LogP contribution < -0.4 is 5.32 Å². The van der Waals surface area contributed by atoms with E-state index in [9.17, 15) is 19.8 Å². The molecule has 0 spiro atoms. The first-order valence-corrected chi connectivity index (χ1v) is 34.7. The van der Waals surface area contributed by atoms with E-state index in [1.54, 1.807) is 0 Å². The van der Waals surface area contributed by atoms with Crippen LogP contribution in [0.5, 0.6) is 0 Å². The Hall–Kier alpha value is -1.92. The van der Waals surface area contributed by atoms with E-state index in [0.29, 0.717) is 25.9 Å². The Morgan fingerprint density at radius 2 is 0.649 bits per heavy atom. The van der Waals surface area contributed by atoms with Crippen LogP contribution in [0.4, 0.5) is 0 Å². The Kier molecular flexibility index (Phi) is 64.9. The molecule has 6 heteroatoms. The highest BCUT2D eigenvalue weighted by molar-refractivity contribution is 5.76. The van der Waals surface area contributed by atoms with Crippen molar-refractivity contribution in [1.29, 1.82) is 0 Å². The highest BCUT2D eigenvalue weighted by Gasteiger charge is 2.20. The number of nitrogens with one attached hydrogen (secondary N) is 1. The summed E-state index contributed by atoms with van der Waals surface area (Å²) in [6, 6.07) is -0.540. The Morgan fingerprint density at radius 1 is 0.364 bits per heavy atom. The monoisotopic (exact) mass is 1080 g/mol. The van der Waals surface area contributed by atoms with E-state index >= 15 is 0 Å². The van der Waals surface area contributed by atoms with Crippen LogP contribution in [0.15, 0.2) is 36.5 Å². The van der Waals surface area contributed by atoms with Crippen LogP contribution in [0, 0.1) is 0 Å². The third kappa shape index (κ3) is 63.1. The molecule has 0 aromatic carbocycles. The number of carbonyl (C=O) groups is 2. The van der Waals surface area contributed by atoms with Crippen molar-refractivity contribution in [2.24, 2.45) is 0 Å². The van der Waals surface area contributed by atoms with Gasteiger partial charge < -0.3 is 20.3 Å². The molecule has 454 valence electrons. The summed E-state index contributed by atoms with van der Waals surface area (Å²) in [6.07, 6.45) is 84.8. The van der Waals surface area contributed by atoms with Crippen LogP contribution in [0.25, 0.3) is 0 Å². The maximum Gasteiger partial charge on any atom is 0.305 e. The summed E-state index contributed by atoms with van der Waals surface area (Å²) in [5.74, 6) is -0.0202. The first kappa shape index (κ1) is 75.1. The molecular formula is C71H135NO5. The van der Waals surface area contributed by atoms with Crippen molar-refractivity contribution >= 4 is 11.9 Å². The number of aliphatic hydroxyl groups excluding tert-OH is 2. The minimum Gasteiger partial charge on any atom is -0.466 e. The fraction of sp³-hybridized carbons (Fsp3) is 0.887. The van der Waals surface area contributed by atoms with Gasteiger partial charge >= 0.3 is 5.97 Å². The largest absolute Gasteiger partial charge is 0.466 e. The number of rotatable bonds is 65. The van der Waals surface area contributed by atoms with E-state index in [-0.39, 0.29) is 18.5 Å². The van der Waals surface area contributed by atoms with Gasteiger partial charge in [0.25, 0.3) is 0 Å². The predicted octanol–water partition coefficient (Wildman–Crippen LogP) is 22.3. The summed E-state index contributed by atoms with van der Waals surface area (Å²) >= 11 is 0. The molecule has 2 atom stereocenters. The molecule has 0 radical (unpaired) electrons. The van der Waals surface area contributed by atoms with Crippen molar-refractivity contribution in [2.45, 2.75) is 392 Å². The lowest BCUT2D eigenvalue weighted by Gasteiger charge is -2.22. The third-order valence-electron chi connectivity index (χ3n) is 16.2. The summed E-state index contributed by atoms with van der Waals surface area (Å²) < 4.78 is 5.51. The normalized spacial score (nSPS) is 12.7. The second-order valence-corrected chi connectivity index (χ2v) is 23.9. The van der Waals surface area contributed by atoms with Gasteiger partial charge in [0.05, 0.1) is 25.4 Å². The second kappa shape index (κ2) is 66.6. The maximum atomic E-state index is 12.5. The van der Waals surface area contributed by atoms with E-state index in [2.05, 4.69) is 55.6 Å². The quantitative estimate of drug-likeness (QED) is 0.0320. The topological polar surface area (TPSA) is 95.9 Å². The molecule has 0 aromatic heterocycles. The summed E-state index contributed by atoms with van der Waals surface area (Å²) in [6.45, 7) is 4.95. The number of allylic oxidation sites excluding steroid dienone is 6. The molecule has 0 aromatic rings. The van der Waals surface area contributed by atoms with Gasteiger partial charge in [0.2, 0.25) is 5.91 Å². The van der Waals surface area contributed by atoms with Crippen LogP contribution in [0.3, 0.4) is 0 Å². The molecule has 0 saturated heterocycles. The van der Waals surface area contributed by atoms with E-state index in [1.807, 2.05) is 0 Å². The minimum absolute atomic E-state index is 0.0130. The lowest BCUT2D eigenvalue weighted by atomic mass is 10.0. The van der Waals surface area contributed by atoms with Gasteiger partial charge in [-0.2, -0.15) is 0 Å². The predicted molar refractivity (Wildman–Crippen MR) is 338 cm³/mol. The molecule has 0 bridgehead atoms. The van der Waals surface area contributed by atoms with Crippen molar-refractivity contribution in [2.75, 3.05) is 13.2 Å². The van der Waals surface area contributed by atoms with Crippen LogP contribution >= 0.6 is 0 Å². The third-order valence-corrected chi connectivity index (χ3v) is 16.2. The van der Waals surface area contributed by atoms with Crippen LogP contribution in [-0.4, -0.2) is 47.4 Å². The molecule has 0 aliphatic heterocycles. The summed E-state index contributed by atoms with van der Waals surface area (Å²) in [7, 11) is 0. The van der Waals surface area contributed by atoms with Gasteiger partial charge in [-0.25, -0.2) is 0 Å². The average Bonchev–Trinajstić information content (AvgIpc) is 3.43. The minimum atomic E-state index is -0.663. The van der Waals surface area contributed by atoms with Crippen LogP contribution in [0.1, 0.15) is 380 Å². The number of amides is 1. The van der Waals surface area contributed by atoms with Crippen molar-refractivity contribution in [1.82, 2.24) is 5.32 Å². The molecular weight excluding hydrogens is 947 g/mol. The highest BCUT2D eigenvalue weighted by atomic mass is 16.5. The molecule has 0 aliphatic rings. The van der Waals surface area contributed by atoms with Crippen LogP contribution in [0.2, 0.25) is 0 Å². The number of carbonyl (C=O) groups excluding carboxylic acids is 2. The number of ether oxygens (including phenoxy) is 1. The molecule has 0 saturated carbocycles. The number of hydrogen-bond donors (Lipinski definition) is 3. The van der Waals surface area contributed by atoms with Gasteiger partial charge in [-0.3, -0.25) is 9.59 Å². The molecule has 1 amide bonds. The molecule has 0 heterocycles. The highest BCUT2D eigenvalue weighted by Crippen LogP contribution is 2.18. The summed E-state index contributed by atoms with van der Waals surface area (Å²) in [5, 5.41) is 23.3. The van der Waals surface area contributed by atoms with Crippen molar-refractivity contribution in [3.8, 4) is 0 Å². The Morgan fingerprint density at radius 3 is 1.03 bits per heavy atom. The number of hydrogen-bond acceptors (Lipinski definition) is 5. The zero-order valence-electron chi connectivity index (χ0n) is 52.0. The molecule has 6 nitrogen and oxygen atoms in total. The Balaban J connectivity index is 3.34. The van der Waals surface area contributed by atoms with Gasteiger partial charge in [0.1, 0.15) is 0 Å². The molecule has 3 N–H and O–H groups in total. The zero-order valence-corrected chi connectivity index (χ0v) is 52.0. The fourth-order valence-electron chi connectivity index (χ4n) is 10.8. The molecule has 0 fully saturated rings.